The molecule has 0 radical (unpaired) electrons. The Hall–Kier alpha value is -2.44. The topological polar surface area (TPSA) is 71.4 Å². The third kappa shape index (κ3) is 2.40. The molecular weight excluding hydrogens is 334 g/mol. The Morgan fingerprint density at radius 3 is 2.46 bits per heavy atom. The molecule has 2 aromatic rings. The molecule has 26 heavy (non-hydrogen) atoms. The van der Waals surface area contributed by atoms with Crippen molar-refractivity contribution in [2.45, 2.75) is 25.1 Å². The lowest BCUT2D eigenvalue weighted by molar-refractivity contribution is 0.0194. The third-order valence-electron chi connectivity index (χ3n) is 5.48. The minimum absolute atomic E-state index is 0.0957. The molecule has 2 aliphatic rings. The fourth-order valence-electron chi connectivity index (χ4n) is 4.25. The molecule has 0 aliphatic carbocycles. The molecule has 0 fully saturated rings. The Kier molecular flexibility index (Phi) is 4.17. The van der Waals surface area contributed by atoms with Gasteiger partial charge in [-0.2, -0.15) is 0 Å². The summed E-state index contributed by atoms with van der Waals surface area (Å²) in [6.07, 6.45) is 0.113. The molecule has 0 saturated heterocycles. The van der Waals surface area contributed by atoms with Crippen molar-refractivity contribution in [3.8, 4) is 23.0 Å². The second-order valence-corrected chi connectivity index (χ2v) is 6.70. The standard InChI is InChI=1S/C20H23NO5/c1-24-16-5-4-12-14(20(16)26-3)10-21-7-6-11-8-17(25-2)15(22)9-13(11)18(21)19(12)23/h4-5,8-9,18-19,22-23H,6-7,10H2,1-3H3. The van der Waals surface area contributed by atoms with Crippen molar-refractivity contribution in [2.24, 2.45) is 0 Å². The first-order chi connectivity index (χ1) is 12.6. The van der Waals surface area contributed by atoms with Gasteiger partial charge in [0.05, 0.1) is 33.5 Å². The van der Waals surface area contributed by atoms with Gasteiger partial charge in [0.1, 0.15) is 0 Å². The van der Waals surface area contributed by atoms with Crippen molar-refractivity contribution in [1.29, 1.82) is 0 Å². The van der Waals surface area contributed by atoms with Gasteiger partial charge in [-0.3, -0.25) is 4.90 Å². The minimum Gasteiger partial charge on any atom is -0.504 e. The number of nitrogens with zero attached hydrogens (tertiary/aromatic N) is 1. The molecule has 0 aromatic heterocycles. The van der Waals surface area contributed by atoms with E-state index in [4.69, 9.17) is 14.2 Å². The van der Waals surface area contributed by atoms with E-state index in [0.717, 1.165) is 35.2 Å². The van der Waals surface area contributed by atoms with Crippen molar-refractivity contribution in [3.05, 3.63) is 46.5 Å². The Labute approximate surface area is 152 Å². The van der Waals surface area contributed by atoms with Crippen LogP contribution in [0.2, 0.25) is 0 Å². The van der Waals surface area contributed by atoms with E-state index in [1.54, 1.807) is 27.4 Å². The maximum Gasteiger partial charge on any atom is 0.165 e. The fourth-order valence-corrected chi connectivity index (χ4v) is 4.25. The van der Waals surface area contributed by atoms with Gasteiger partial charge in [-0.05, 0) is 41.3 Å². The van der Waals surface area contributed by atoms with Gasteiger partial charge < -0.3 is 24.4 Å². The van der Waals surface area contributed by atoms with Crippen LogP contribution in [0.15, 0.2) is 24.3 Å². The van der Waals surface area contributed by atoms with E-state index in [9.17, 15) is 10.2 Å². The molecule has 0 saturated carbocycles. The average Bonchev–Trinajstić information content (AvgIpc) is 2.66. The van der Waals surface area contributed by atoms with Gasteiger partial charge in [0, 0.05) is 18.7 Å². The molecule has 0 spiro atoms. The lowest BCUT2D eigenvalue weighted by Crippen LogP contribution is -2.41. The van der Waals surface area contributed by atoms with Crippen molar-refractivity contribution < 1.29 is 24.4 Å². The normalized spacial score (nSPS) is 21.4. The summed E-state index contributed by atoms with van der Waals surface area (Å²) in [5.74, 6) is 1.90. The summed E-state index contributed by atoms with van der Waals surface area (Å²) in [7, 11) is 4.77. The number of fused-ring (bicyclic) bond motifs is 4. The molecular formula is C20H23NO5. The Balaban J connectivity index is 1.82. The largest absolute Gasteiger partial charge is 0.504 e. The van der Waals surface area contributed by atoms with E-state index in [0.29, 0.717) is 23.8 Å². The number of ether oxygens (including phenoxy) is 3. The van der Waals surface area contributed by atoms with E-state index in [1.165, 1.54) is 0 Å². The van der Waals surface area contributed by atoms with Crippen LogP contribution in [0.25, 0.3) is 0 Å². The number of phenolic OH excluding ortho intramolecular Hbond substituents is 1. The Bertz CT molecular complexity index is 851. The highest BCUT2D eigenvalue weighted by molar-refractivity contribution is 5.55. The highest BCUT2D eigenvalue weighted by atomic mass is 16.5. The number of hydrogen-bond donors (Lipinski definition) is 2. The van der Waals surface area contributed by atoms with Crippen molar-refractivity contribution in [1.82, 2.24) is 4.90 Å². The third-order valence-corrected chi connectivity index (χ3v) is 5.48. The summed E-state index contributed by atoms with van der Waals surface area (Å²) in [4.78, 5) is 2.23. The van der Waals surface area contributed by atoms with E-state index >= 15 is 0 Å². The van der Waals surface area contributed by atoms with Crippen molar-refractivity contribution in [3.63, 3.8) is 0 Å². The van der Waals surface area contributed by atoms with Gasteiger partial charge >= 0.3 is 0 Å². The summed E-state index contributed by atoms with van der Waals surface area (Å²) in [6.45, 7) is 1.46. The van der Waals surface area contributed by atoms with E-state index < -0.39 is 6.10 Å². The number of aromatic hydroxyl groups is 1. The van der Waals surface area contributed by atoms with Crippen LogP contribution in [-0.2, 0) is 13.0 Å². The van der Waals surface area contributed by atoms with E-state index in [-0.39, 0.29) is 11.8 Å². The SMILES string of the molecule is COc1cc2c(cc1O)C1C(O)c3ccc(OC)c(OC)c3CN1CC2. The first-order valence-corrected chi connectivity index (χ1v) is 8.64. The molecule has 2 atom stereocenters. The number of benzene rings is 2. The van der Waals surface area contributed by atoms with E-state index in [1.807, 2.05) is 18.2 Å². The van der Waals surface area contributed by atoms with Crippen LogP contribution in [0.4, 0.5) is 0 Å². The van der Waals surface area contributed by atoms with Crippen LogP contribution >= 0.6 is 0 Å². The molecule has 6 nitrogen and oxygen atoms in total. The molecule has 2 unspecified atom stereocenters. The Morgan fingerprint density at radius 2 is 1.77 bits per heavy atom. The molecule has 2 aliphatic heterocycles. The summed E-state index contributed by atoms with van der Waals surface area (Å²) >= 11 is 0. The van der Waals surface area contributed by atoms with Gasteiger partial charge in [0.2, 0.25) is 0 Å². The first-order valence-electron chi connectivity index (χ1n) is 8.64. The zero-order valence-corrected chi connectivity index (χ0v) is 15.2. The monoisotopic (exact) mass is 357 g/mol. The van der Waals surface area contributed by atoms with Crippen LogP contribution in [0, 0.1) is 0 Å². The number of aliphatic hydroxyl groups excluding tert-OH is 1. The van der Waals surface area contributed by atoms with Crippen LogP contribution in [0.3, 0.4) is 0 Å². The first kappa shape index (κ1) is 17.0. The van der Waals surface area contributed by atoms with E-state index in [2.05, 4.69) is 4.90 Å². The predicted octanol–water partition coefficient (Wildman–Crippen LogP) is 2.56. The maximum absolute atomic E-state index is 11.2. The van der Waals surface area contributed by atoms with Crippen LogP contribution in [0.5, 0.6) is 23.0 Å². The van der Waals surface area contributed by atoms with Gasteiger partial charge in [-0.15, -0.1) is 0 Å². The Morgan fingerprint density at radius 1 is 1.00 bits per heavy atom. The smallest absolute Gasteiger partial charge is 0.165 e. The second kappa shape index (κ2) is 6.37. The number of aliphatic hydroxyl groups is 1. The highest BCUT2D eigenvalue weighted by Gasteiger charge is 2.40. The van der Waals surface area contributed by atoms with Gasteiger partial charge in [-0.1, -0.05) is 6.07 Å². The number of phenols is 1. The molecule has 2 aromatic carbocycles. The molecule has 0 bridgehead atoms. The lowest BCUT2D eigenvalue weighted by atomic mass is 9.81. The summed E-state index contributed by atoms with van der Waals surface area (Å²) in [5, 5.41) is 21.4. The molecule has 6 heteroatoms. The summed E-state index contributed by atoms with van der Waals surface area (Å²) in [6, 6.07) is 7.11. The van der Waals surface area contributed by atoms with Gasteiger partial charge in [0.25, 0.3) is 0 Å². The van der Waals surface area contributed by atoms with Gasteiger partial charge in [0.15, 0.2) is 23.0 Å². The molecule has 0 amide bonds. The summed E-state index contributed by atoms with van der Waals surface area (Å²) in [5.41, 5.74) is 3.84. The summed E-state index contributed by atoms with van der Waals surface area (Å²) < 4.78 is 16.2. The van der Waals surface area contributed by atoms with Gasteiger partial charge in [-0.25, -0.2) is 0 Å². The molecule has 2 heterocycles. The quantitative estimate of drug-likeness (QED) is 0.880. The van der Waals surface area contributed by atoms with Crippen molar-refractivity contribution in [2.75, 3.05) is 27.9 Å². The zero-order valence-electron chi connectivity index (χ0n) is 15.2. The number of methoxy groups -OCH3 is 3. The highest BCUT2D eigenvalue weighted by Crippen LogP contribution is 2.50. The zero-order chi connectivity index (χ0) is 18.4. The van der Waals surface area contributed by atoms with Crippen LogP contribution < -0.4 is 14.2 Å². The van der Waals surface area contributed by atoms with Crippen LogP contribution in [0.1, 0.15) is 34.4 Å². The molecule has 4 rings (SSSR count). The lowest BCUT2D eigenvalue weighted by Gasteiger charge is -2.44. The van der Waals surface area contributed by atoms with Crippen molar-refractivity contribution >= 4 is 0 Å². The van der Waals surface area contributed by atoms with Crippen LogP contribution in [-0.4, -0.2) is 43.0 Å². The number of hydrogen-bond acceptors (Lipinski definition) is 6. The second-order valence-electron chi connectivity index (χ2n) is 6.70. The fraction of sp³-hybridized carbons (Fsp3) is 0.400. The predicted molar refractivity (Wildman–Crippen MR) is 96.0 cm³/mol. The minimum atomic E-state index is -0.717. The maximum atomic E-state index is 11.2. The molecule has 138 valence electrons. The molecule has 2 N–H and O–H groups in total. The number of rotatable bonds is 3. The average molecular weight is 357 g/mol.